The second kappa shape index (κ2) is 8.25. The zero-order chi connectivity index (χ0) is 15.8. The minimum atomic E-state index is 0.789. The Morgan fingerprint density at radius 3 is 2.52 bits per heavy atom. The van der Waals surface area contributed by atoms with Crippen molar-refractivity contribution in [1.29, 1.82) is 0 Å². The van der Waals surface area contributed by atoms with Crippen LogP contribution in [0, 0.1) is 6.92 Å². The average Bonchev–Trinajstić information content (AvgIpc) is 2.52. The summed E-state index contributed by atoms with van der Waals surface area (Å²) in [4.78, 5) is 4.67. The molecule has 0 bridgehead atoms. The molecule has 1 aromatic rings. The normalized spacial score (nSPS) is 12.2. The fraction of sp³-hybridized carbons (Fsp3) is 0.316. The van der Waals surface area contributed by atoms with Gasteiger partial charge in [0.15, 0.2) is 0 Å². The molecule has 112 valence electrons. The topological polar surface area (TPSA) is 24.4 Å². The van der Waals surface area contributed by atoms with E-state index in [9.17, 15) is 0 Å². The van der Waals surface area contributed by atoms with Gasteiger partial charge in [0.1, 0.15) is 0 Å². The van der Waals surface area contributed by atoms with E-state index in [2.05, 4.69) is 55.5 Å². The Morgan fingerprint density at radius 1 is 1.33 bits per heavy atom. The standard InChI is InChI=1S/C19H26N2/c1-7-16-11-10-12-17(14(16)4)13-18(8-2)21-19(9-3)15(5)20-6/h8-12,20H,2,5,7,13H2,1,3-4,6H3/b19-9-,21-18+. The van der Waals surface area contributed by atoms with Gasteiger partial charge in [0.2, 0.25) is 0 Å². The summed E-state index contributed by atoms with van der Waals surface area (Å²) in [5, 5.41) is 3.03. The summed E-state index contributed by atoms with van der Waals surface area (Å²) in [6, 6.07) is 6.46. The summed E-state index contributed by atoms with van der Waals surface area (Å²) in [6.45, 7) is 14.2. The van der Waals surface area contributed by atoms with Gasteiger partial charge >= 0.3 is 0 Å². The van der Waals surface area contributed by atoms with Crippen LogP contribution in [0.2, 0.25) is 0 Å². The molecule has 0 aliphatic carbocycles. The molecule has 2 heteroatoms. The van der Waals surface area contributed by atoms with E-state index in [1.54, 1.807) is 0 Å². The zero-order valence-corrected chi connectivity index (χ0v) is 13.7. The van der Waals surface area contributed by atoms with Crippen LogP contribution >= 0.6 is 0 Å². The van der Waals surface area contributed by atoms with Crippen LogP contribution in [0.15, 0.2) is 59.9 Å². The van der Waals surface area contributed by atoms with E-state index in [0.717, 1.165) is 29.9 Å². The van der Waals surface area contributed by atoms with E-state index in [4.69, 9.17) is 0 Å². The molecule has 0 aromatic heterocycles. The zero-order valence-electron chi connectivity index (χ0n) is 13.7. The summed E-state index contributed by atoms with van der Waals surface area (Å²) in [7, 11) is 1.85. The quantitative estimate of drug-likeness (QED) is 0.583. The Hall–Kier alpha value is -2.09. The van der Waals surface area contributed by atoms with E-state index >= 15 is 0 Å². The van der Waals surface area contributed by atoms with E-state index in [1.807, 2.05) is 26.1 Å². The fourth-order valence-electron chi connectivity index (χ4n) is 2.25. The van der Waals surface area contributed by atoms with Crippen molar-refractivity contribution in [2.75, 3.05) is 7.05 Å². The van der Waals surface area contributed by atoms with Gasteiger partial charge < -0.3 is 5.32 Å². The molecular formula is C19H26N2. The maximum Gasteiger partial charge on any atom is 0.0815 e. The molecule has 0 spiro atoms. The first-order valence-electron chi connectivity index (χ1n) is 7.38. The average molecular weight is 282 g/mol. The Bertz CT molecular complexity index is 577. The number of aryl methyl sites for hydroxylation is 1. The number of nitrogens with zero attached hydrogens (tertiary/aromatic N) is 1. The predicted molar refractivity (Wildman–Crippen MR) is 93.8 cm³/mol. The Kier molecular flexibility index (Phi) is 6.67. The summed E-state index contributed by atoms with van der Waals surface area (Å²) in [5.41, 5.74) is 6.67. The maximum atomic E-state index is 4.67. The fourth-order valence-corrected chi connectivity index (χ4v) is 2.25. The first-order valence-corrected chi connectivity index (χ1v) is 7.38. The molecular weight excluding hydrogens is 256 g/mol. The van der Waals surface area contributed by atoms with Gasteiger partial charge in [0.25, 0.3) is 0 Å². The van der Waals surface area contributed by atoms with Gasteiger partial charge in [-0.25, -0.2) is 0 Å². The van der Waals surface area contributed by atoms with Crippen molar-refractivity contribution < 1.29 is 0 Å². The van der Waals surface area contributed by atoms with E-state index in [1.165, 1.54) is 16.7 Å². The summed E-state index contributed by atoms with van der Waals surface area (Å²) in [6.07, 6.45) is 5.62. The molecule has 0 aliphatic rings. The molecule has 1 N–H and O–H groups in total. The van der Waals surface area contributed by atoms with Gasteiger partial charge in [0.05, 0.1) is 11.4 Å². The van der Waals surface area contributed by atoms with Crippen molar-refractivity contribution in [2.45, 2.75) is 33.6 Å². The van der Waals surface area contributed by atoms with Crippen molar-refractivity contribution >= 4 is 5.71 Å². The van der Waals surface area contributed by atoms with Crippen LogP contribution < -0.4 is 5.32 Å². The summed E-state index contributed by atoms with van der Waals surface area (Å²) in [5.74, 6) is 0. The SMILES string of the molecule is C=C/C(Cc1cccc(CC)c1C)=N\C(=C/C)C(=C)NC. The van der Waals surface area contributed by atoms with Crippen molar-refractivity contribution in [3.63, 3.8) is 0 Å². The molecule has 0 radical (unpaired) electrons. The lowest BCUT2D eigenvalue weighted by Gasteiger charge is -2.11. The third-order valence-corrected chi connectivity index (χ3v) is 3.69. The largest absolute Gasteiger partial charge is 0.387 e. The van der Waals surface area contributed by atoms with Gasteiger partial charge in [-0.3, -0.25) is 4.99 Å². The third kappa shape index (κ3) is 4.45. The number of nitrogens with one attached hydrogen (secondary N) is 1. The molecule has 0 saturated carbocycles. The predicted octanol–water partition coefficient (Wildman–Crippen LogP) is 4.36. The van der Waals surface area contributed by atoms with E-state index in [0.29, 0.717) is 0 Å². The highest BCUT2D eigenvalue weighted by molar-refractivity contribution is 5.97. The summed E-state index contributed by atoms with van der Waals surface area (Å²) >= 11 is 0. The molecule has 0 amide bonds. The van der Waals surface area contributed by atoms with Gasteiger partial charge in [0, 0.05) is 19.2 Å². The van der Waals surface area contributed by atoms with Crippen LogP contribution in [0.1, 0.15) is 30.5 Å². The Labute approximate surface area is 129 Å². The molecule has 0 unspecified atom stereocenters. The van der Waals surface area contributed by atoms with Crippen molar-refractivity contribution in [3.8, 4) is 0 Å². The lowest BCUT2D eigenvalue weighted by atomic mass is 9.97. The second-order valence-corrected chi connectivity index (χ2v) is 4.94. The number of hydrogen-bond donors (Lipinski definition) is 1. The lowest BCUT2D eigenvalue weighted by molar-refractivity contribution is 0.992. The van der Waals surface area contributed by atoms with Crippen LogP contribution in [0.5, 0.6) is 0 Å². The Morgan fingerprint density at radius 2 is 2.00 bits per heavy atom. The monoisotopic (exact) mass is 282 g/mol. The third-order valence-electron chi connectivity index (χ3n) is 3.69. The van der Waals surface area contributed by atoms with Crippen LogP contribution in [0.25, 0.3) is 0 Å². The van der Waals surface area contributed by atoms with Crippen LogP contribution in [0.3, 0.4) is 0 Å². The smallest absolute Gasteiger partial charge is 0.0815 e. The van der Waals surface area contributed by atoms with Crippen molar-refractivity contribution in [2.24, 2.45) is 4.99 Å². The van der Waals surface area contributed by atoms with Crippen molar-refractivity contribution in [3.05, 3.63) is 71.6 Å². The molecule has 0 fully saturated rings. The van der Waals surface area contributed by atoms with Crippen LogP contribution in [-0.2, 0) is 12.8 Å². The highest BCUT2D eigenvalue weighted by atomic mass is 14.9. The lowest BCUT2D eigenvalue weighted by Crippen LogP contribution is -2.09. The molecule has 0 saturated heterocycles. The minimum Gasteiger partial charge on any atom is -0.387 e. The van der Waals surface area contributed by atoms with Gasteiger partial charge in [-0.15, -0.1) is 0 Å². The van der Waals surface area contributed by atoms with Crippen molar-refractivity contribution in [1.82, 2.24) is 5.32 Å². The molecule has 21 heavy (non-hydrogen) atoms. The van der Waals surface area contributed by atoms with E-state index < -0.39 is 0 Å². The molecule has 1 aromatic carbocycles. The number of benzene rings is 1. The highest BCUT2D eigenvalue weighted by Gasteiger charge is 2.06. The molecule has 2 nitrogen and oxygen atoms in total. The number of rotatable bonds is 7. The maximum absolute atomic E-state index is 4.67. The second-order valence-electron chi connectivity index (χ2n) is 4.94. The van der Waals surface area contributed by atoms with Crippen LogP contribution in [0.4, 0.5) is 0 Å². The number of likely N-dealkylation sites (N-methyl/N-ethyl adjacent to an activating group) is 1. The minimum absolute atomic E-state index is 0.789. The van der Waals surface area contributed by atoms with Gasteiger partial charge in [-0.2, -0.15) is 0 Å². The van der Waals surface area contributed by atoms with Gasteiger partial charge in [-0.1, -0.05) is 44.4 Å². The highest BCUT2D eigenvalue weighted by Crippen LogP contribution is 2.17. The Balaban J connectivity index is 3.08. The molecule has 0 aliphatic heterocycles. The number of allylic oxidation sites excluding steroid dienone is 2. The van der Waals surface area contributed by atoms with E-state index in [-0.39, 0.29) is 0 Å². The first kappa shape index (κ1) is 17.0. The molecule has 1 rings (SSSR count). The molecule has 0 atom stereocenters. The van der Waals surface area contributed by atoms with Gasteiger partial charge in [-0.05, 0) is 43.0 Å². The summed E-state index contributed by atoms with van der Waals surface area (Å²) < 4.78 is 0. The van der Waals surface area contributed by atoms with Crippen LogP contribution in [-0.4, -0.2) is 12.8 Å². The number of aliphatic imine (C=N–C) groups is 1. The molecule has 0 heterocycles. The number of hydrogen-bond acceptors (Lipinski definition) is 2. The first-order chi connectivity index (χ1) is 10.1.